The standard InChI is InChI=1S/C15H20F2N2O2S/c1-9-8-12(19-14(18-9)22-3)15(16,17)11-6-4-10(5-7-11)13(20)21-2/h8,10-11H,4-7H2,1-3H3/t10-,11-. The number of aromatic nitrogens is 2. The highest BCUT2D eigenvalue weighted by Gasteiger charge is 2.45. The monoisotopic (exact) mass is 330 g/mol. The van der Waals surface area contributed by atoms with E-state index in [2.05, 4.69) is 9.97 Å². The van der Waals surface area contributed by atoms with Crippen molar-refractivity contribution in [1.29, 1.82) is 0 Å². The second-order valence-corrected chi connectivity index (χ2v) is 6.35. The maximum absolute atomic E-state index is 14.7. The Labute approximate surface area is 133 Å². The van der Waals surface area contributed by atoms with Gasteiger partial charge in [-0.2, -0.15) is 8.78 Å². The smallest absolute Gasteiger partial charge is 0.308 e. The van der Waals surface area contributed by atoms with E-state index in [1.807, 2.05) is 0 Å². The number of alkyl halides is 2. The minimum Gasteiger partial charge on any atom is -0.469 e. The molecule has 1 aliphatic rings. The molecule has 1 aromatic rings. The molecule has 1 saturated carbocycles. The number of hydrogen-bond acceptors (Lipinski definition) is 5. The van der Waals surface area contributed by atoms with Gasteiger partial charge in [0.05, 0.1) is 13.0 Å². The van der Waals surface area contributed by atoms with Crippen molar-refractivity contribution in [3.05, 3.63) is 17.5 Å². The number of rotatable bonds is 4. The van der Waals surface area contributed by atoms with E-state index in [9.17, 15) is 13.6 Å². The van der Waals surface area contributed by atoms with Gasteiger partial charge in [0.2, 0.25) is 0 Å². The molecule has 2 rings (SSSR count). The molecular formula is C15H20F2N2O2S. The van der Waals surface area contributed by atoms with E-state index in [4.69, 9.17) is 4.74 Å². The Bertz CT molecular complexity index is 546. The molecule has 0 aromatic carbocycles. The first-order valence-electron chi connectivity index (χ1n) is 7.24. The SMILES string of the molecule is COC(=O)[C@H]1CC[C@H](C(F)(F)c2cc(C)nc(SC)n2)CC1. The van der Waals surface area contributed by atoms with Crippen LogP contribution in [0.1, 0.15) is 37.1 Å². The zero-order chi connectivity index (χ0) is 16.3. The van der Waals surface area contributed by atoms with Crippen LogP contribution in [-0.4, -0.2) is 29.3 Å². The average Bonchev–Trinajstić information content (AvgIpc) is 2.53. The summed E-state index contributed by atoms with van der Waals surface area (Å²) in [5.41, 5.74) is 0.322. The number of nitrogens with zero attached hydrogens (tertiary/aromatic N) is 2. The van der Waals surface area contributed by atoms with Crippen LogP contribution in [0.3, 0.4) is 0 Å². The van der Waals surface area contributed by atoms with Gasteiger partial charge in [-0.3, -0.25) is 4.79 Å². The molecule has 7 heteroatoms. The topological polar surface area (TPSA) is 52.1 Å². The molecule has 0 unspecified atom stereocenters. The Morgan fingerprint density at radius 3 is 2.50 bits per heavy atom. The third kappa shape index (κ3) is 3.56. The van der Waals surface area contributed by atoms with Crippen LogP contribution in [0.25, 0.3) is 0 Å². The van der Waals surface area contributed by atoms with Crippen molar-refractivity contribution in [2.45, 2.75) is 43.7 Å². The lowest BCUT2D eigenvalue weighted by atomic mass is 9.78. The maximum atomic E-state index is 14.7. The van der Waals surface area contributed by atoms with Gasteiger partial charge in [-0.25, -0.2) is 9.97 Å². The number of methoxy groups -OCH3 is 1. The predicted octanol–water partition coefficient (Wildman–Crippen LogP) is 3.58. The Morgan fingerprint density at radius 1 is 1.32 bits per heavy atom. The first kappa shape index (κ1) is 17.1. The quantitative estimate of drug-likeness (QED) is 0.480. The largest absolute Gasteiger partial charge is 0.469 e. The summed E-state index contributed by atoms with van der Waals surface area (Å²) in [7, 11) is 1.33. The number of carbonyl (C=O) groups is 1. The molecule has 0 spiro atoms. The molecule has 0 saturated heterocycles. The maximum Gasteiger partial charge on any atom is 0.308 e. The summed E-state index contributed by atoms with van der Waals surface area (Å²) < 4.78 is 34.2. The summed E-state index contributed by atoms with van der Waals surface area (Å²) in [4.78, 5) is 19.6. The van der Waals surface area contributed by atoms with Gasteiger partial charge in [-0.1, -0.05) is 11.8 Å². The lowest BCUT2D eigenvalue weighted by Crippen LogP contribution is -2.33. The molecule has 0 radical (unpaired) electrons. The number of ether oxygens (including phenoxy) is 1. The Morgan fingerprint density at radius 2 is 1.95 bits per heavy atom. The summed E-state index contributed by atoms with van der Waals surface area (Å²) >= 11 is 1.25. The van der Waals surface area contributed by atoms with Gasteiger partial charge in [0.1, 0.15) is 5.69 Å². The number of thioether (sulfide) groups is 1. The van der Waals surface area contributed by atoms with Crippen LogP contribution in [0, 0.1) is 18.8 Å². The highest BCUT2D eigenvalue weighted by atomic mass is 32.2. The fourth-order valence-corrected chi connectivity index (χ4v) is 3.30. The van der Waals surface area contributed by atoms with Crippen LogP contribution in [0.5, 0.6) is 0 Å². The molecule has 0 N–H and O–H groups in total. The van der Waals surface area contributed by atoms with Gasteiger partial charge in [0.25, 0.3) is 5.92 Å². The molecule has 122 valence electrons. The van der Waals surface area contributed by atoms with Gasteiger partial charge in [-0.15, -0.1) is 0 Å². The second-order valence-electron chi connectivity index (χ2n) is 5.58. The third-order valence-electron chi connectivity index (χ3n) is 4.13. The number of carbonyl (C=O) groups excluding carboxylic acids is 1. The molecule has 0 aliphatic heterocycles. The molecule has 4 nitrogen and oxygen atoms in total. The normalized spacial score (nSPS) is 22.4. The van der Waals surface area contributed by atoms with Crippen LogP contribution in [-0.2, 0) is 15.5 Å². The summed E-state index contributed by atoms with van der Waals surface area (Å²) in [5.74, 6) is -4.35. The second kappa shape index (κ2) is 6.89. The van der Waals surface area contributed by atoms with E-state index in [1.54, 1.807) is 13.2 Å². The van der Waals surface area contributed by atoms with Crippen molar-refractivity contribution in [2.75, 3.05) is 13.4 Å². The van der Waals surface area contributed by atoms with Crippen molar-refractivity contribution < 1.29 is 18.3 Å². The van der Waals surface area contributed by atoms with E-state index in [-0.39, 0.29) is 17.6 Å². The van der Waals surface area contributed by atoms with E-state index in [1.165, 1.54) is 24.9 Å². The highest BCUT2D eigenvalue weighted by molar-refractivity contribution is 7.98. The van der Waals surface area contributed by atoms with Crippen LogP contribution in [0.4, 0.5) is 8.78 Å². The molecule has 1 fully saturated rings. The van der Waals surface area contributed by atoms with Crippen molar-refractivity contribution in [1.82, 2.24) is 9.97 Å². The third-order valence-corrected chi connectivity index (χ3v) is 4.68. The Hall–Kier alpha value is -1.24. The minimum atomic E-state index is -3.00. The zero-order valence-electron chi connectivity index (χ0n) is 12.9. The van der Waals surface area contributed by atoms with Gasteiger partial charge in [0, 0.05) is 11.6 Å². The fraction of sp³-hybridized carbons (Fsp3) is 0.667. The van der Waals surface area contributed by atoms with Gasteiger partial charge < -0.3 is 4.74 Å². The number of hydrogen-bond donors (Lipinski definition) is 0. The molecule has 1 aliphatic carbocycles. The number of aryl methyl sites for hydroxylation is 1. The van der Waals surface area contributed by atoms with Crippen molar-refractivity contribution in [2.24, 2.45) is 11.8 Å². The van der Waals surface area contributed by atoms with Crippen LogP contribution < -0.4 is 0 Å². The summed E-state index contributed by atoms with van der Waals surface area (Å²) in [5, 5.41) is 0.359. The zero-order valence-corrected chi connectivity index (χ0v) is 13.8. The average molecular weight is 330 g/mol. The predicted molar refractivity (Wildman–Crippen MR) is 79.9 cm³/mol. The van der Waals surface area contributed by atoms with Crippen LogP contribution in [0.2, 0.25) is 0 Å². The van der Waals surface area contributed by atoms with E-state index < -0.39 is 11.8 Å². The summed E-state index contributed by atoms with van der Waals surface area (Å²) in [6.45, 7) is 1.69. The molecule has 22 heavy (non-hydrogen) atoms. The van der Waals surface area contributed by atoms with Crippen molar-refractivity contribution >= 4 is 17.7 Å². The molecule has 1 heterocycles. The van der Waals surface area contributed by atoms with Crippen LogP contribution >= 0.6 is 11.8 Å². The Balaban J connectivity index is 2.14. The molecule has 0 amide bonds. The minimum absolute atomic E-state index is 0.217. The highest BCUT2D eigenvalue weighted by Crippen LogP contribution is 2.44. The van der Waals surface area contributed by atoms with E-state index >= 15 is 0 Å². The van der Waals surface area contributed by atoms with Gasteiger partial charge in [-0.05, 0) is 44.9 Å². The lowest BCUT2D eigenvalue weighted by molar-refractivity contribution is -0.149. The Kier molecular flexibility index (Phi) is 5.36. The molecule has 1 aromatic heterocycles. The number of esters is 1. The number of halogens is 2. The molecule has 0 bridgehead atoms. The van der Waals surface area contributed by atoms with Gasteiger partial charge in [0.15, 0.2) is 5.16 Å². The van der Waals surface area contributed by atoms with Crippen molar-refractivity contribution in [3.8, 4) is 0 Å². The van der Waals surface area contributed by atoms with E-state index in [0.717, 1.165) is 0 Å². The summed E-state index contributed by atoms with van der Waals surface area (Å²) in [6, 6.07) is 1.35. The summed E-state index contributed by atoms with van der Waals surface area (Å²) in [6.07, 6.45) is 3.23. The first-order valence-corrected chi connectivity index (χ1v) is 8.46. The van der Waals surface area contributed by atoms with Crippen molar-refractivity contribution in [3.63, 3.8) is 0 Å². The molecule has 0 atom stereocenters. The lowest BCUT2D eigenvalue weighted by Gasteiger charge is -2.32. The first-order chi connectivity index (χ1) is 10.4. The van der Waals surface area contributed by atoms with Gasteiger partial charge >= 0.3 is 5.97 Å². The molecular weight excluding hydrogens is 310 g/mol. The van der Waals surface area contributed by atoms with Crippen LogP contribution in [0.15, 0.2) is 11.2 Å². The van der Waals surface area contributed by atoms with E-state index in [0.29, 0.717) is 36.5 Å². The fourth-order valence-electron chi connectivity index (χ4n) is 2.87.